The van der Waals surface area contributed by atoms with E-state index in [-0.39, 0.29) is 11.8 Å². The van der Waals surface area contributed by atoms with Crippen LogP contribution in [0.15, 0.2) is 48.7 Å². The number of nitrogens with one attached hydrogen (secondary N) is 1. The standard InChI is InChI=1S/C18H19N3O2/c22-17(16-10-4-5-11-19-16)20-15-9-3-2-8-14(15)18(23)21-12-6-1-7-13-21/h2-5,8-11H,1,6-7,12-13H2,(H,20,22). The largest absolute Gasteiger partial charge is 0.339 e. The molecule has 1 fully saturated rings. The molecule has 1 aliphatic heterocycles. The fourth-order valence-corrected chi connectivity index (χ4v) is 2.73. The van der Waals surface area contributed by atoms with Crippen LogP contribution >= 0.6 is 0 Å². The van der Waals surface area contributed by atoms with Crippen LogP contribution in [0.2, 0.25) is 0 Å². The Morgan fingerprint density at radius 1 is 0.957 bits per heavy atom. The average Bonchev–Trinajstić information content (AvgIpc) is 2.63. The Kier molecular flexibility index (Phi) is 4.66. The lowest BCUT2D eigenvalue weighted by Gasteiger charge is -2.27. The van der Waals surface area contributed by atoms with Crippen molar-refractivity contribution in [2.24, 2.45) is 0 Å². The van der Waals surface area contributed by atoms with Gasteiger partial charge < -0.3 is 10.2 Å². The molecule has 2 amide bonds. The van der Waals surface area contributed by atoms with Crippen LogP contribution in [0.3, 0.4) is 0 Å². The Bertz CT molecular complexity index is 694. The van der Waals surface area contributed by atoms with Crippen LogP contribution < -0.4 is 5.32 Å². The number of para-hydroxylation sites is 1. The summed E-state index contributed by atoms with van der Waals surface area (Å²) in [6.07, 6.45) is 4.81. The number of anilines is 1. The minimum atomic E-state index is -0.315. The smallest absolute Gasteiger partial charge is 0.274 e. The number of rotatable bonds is 3. The number of pyridine rings is 1. The third-order valence-electron chi connectivity index (χ3n) is 3.95. The third kappa shape index (κ3) is 3.56. The van der Waals surface area contributed by atoms with Crippen molar-refractivity contribution in [3.05, 3.63) is 59.9 Å². The Labute approximate surface area is 135 Å². The maximum Gasteiger partial charge on any atom is 0.274 e. The number of carbonyl (C=O) groups excluding carboxylic acids is 2. The van der Waals surface area contributed by atoms with Gasteiger partial charge in [0.15, 0.2) is 0 Å². The van der Waals surface area contributed by atoms with Gasteiger partial charge in [0.25, 0.3) is 11.8 Å². The molecule has 2 heterocycles. The second-order valence-corrected chi connectivity index (χ2v) is 5.57. The van der Waals surface area contributed by atoms with E-state index in [9.17, 15) is 9.59 Å². The Morgan fingerprint density at radius 2 is 1.70 bits per heavy atom. The molecule has 1 aromatic heterocycles. The topological polar surface area (TPSA) is 62.3 Å². The van der Waals surface area contributed by atoms with Crippen molar-refractivity contribution in [2.75, 3.05) is 18.4 Å². The maximum atomic E-state index is 12.7. The summed E-state index contributed by atoms with van der Waals surface area (Å²) in [7, 11) is 0. The molecule has 1 aliphatic rings. The SMILES string of the molecule is O=C(Nc1ccccc1C(=O)N1CCCCC1)c1ccccn1. The van der Waals surface area contributed by atoms with E-state index in [4.69, 9.17) is 0 Å². The van der Waals surface area contributed by atoms with Gasteiger partial charge in [-0.2, -0.15) is 0 Å². The van der Waals surface area contributed by atoms with Crippen LogP contribution in [0.1, 0.15) is 40.1 Å². The van der Waals surface area contributed by atoms with E-state index in [0.29, 0.717) is 16.9 Å². The van der Waals surface area contributed by atoms with Gasteiger partial charge in [-0.3, -0.25) is 14.6 Å². The van der Waals surface area contributed by atoms with Gasteiger partial charge in [0, 0.05) is 19.3 Å². The van der Waals surface area contributed by atoms with E-state index in [2.05, 4.69) is 10.3 Å². The zero-order valence-electron chi connectivity index (χ0n) is 12.9. The van der Waals surface area contributed by atoms with Gasteiger partial charge in [-0.05, 0) is 43.5 Å². The first-order chi connectivity index (χ1) is 11.3. The third-order valence-corrected chi connectivity index (χ3v) is 3.95. The van der Waals surface area contributed by atoms with Crippen molar-refractivity contribution < 1.29 is 9.59 Å². The van der Waals surface area contributed by atoms with E-state index in [1.165, 1.54) is 6.42 Å². The highest BCUT2D eigenvalue weighted by molar-refractivity contribution is 6.08. The first kappa shape index (κ1) is 15.2. The Hall–Kier alpha value is -2.69. The van der Waals surface area contributed by atoms with E-state index in [1.54, 1.807) is 42.6 Å². The van der Waals surface area contributed by atoms with Crippen LogP contribution in [-0.2, 0) is 0 Å². The molecular formula is C18H19N3O2. The number of benzene rings is 1. The lowest BCUT2D eigenvalue weighted by Crippen LogP contribution is -2.36. The van der Waals surface area contributed by atoms with Gasteiger partial charge >= 0.3 is 0 Å². The molecule has 0 saturated carbocycles. The zero-order valence-corrected chi connectivity index (χ0v) is 12.9. The van der Waals surface area contributed by atoms with Gasteiger partial charge in [-0.15, -0.1) is 0 Å². The van der Waals surface area contributed by atoms with Crippen LogP contribution in [0.5, 0.6) is 0 Å². The van der Waals surface area contributed by atoms with Crippen LogP contribution in [0.25, 0.3) is 0 Å². The van der Waals surface area contributed by atoms with Gasteiger partial charge in [0.2, 0.25) is 0 Å². The van der Waals surface area contributed by atoms with Crippen LogP contribution in [0.4, 0.5) is 5.69 Å². The molecule has 1 aromatic carbocycles. The molecule has 5 heteroatoms. The quantitative estimate of drug-likeness (QED) is 0.948. The van der Waals surface area contributed by atoms with Crippen molar-refractivity contribution in [1.29, 1.82) is 0 Å². The molecule has 0 radical (unpaired) electrons. The van der Waals surface area contributed by atoms with Gasteiger partial charge in [-0.1, -0.05) is 18.2 Å². The molecule has 23 heavy (non-hydrogen) atoms. The number of likely N-dealkylation sites (tertiary alicyclic amines) is 1. The number of hydrogen-bond donors (Lipinski definition) is 1. The number of piperidine rings is 1. The molecule has 0 spiro atoms. The van der Waals surface area contributed by atoms with E-state index < -0.39 is 0 Å². The van der Waals surface area contributed by atoms with Gasteiger partial charge in [-0.25, -0.2) is 0 Å². The van der Waals surface area contributed by atoms with Crippen molar-refractivity contribution >= 4 is 17.5 Å². The number of carbonyl (C=O) groups is 2. The van der Waals surface area contributed by atoms with Crippen molar-refractivity contribution in [1.82, 2.24) is 9.88 Å². The van der Waals surface area contributed by atoms with Gasteiger partial charge in [0.05, 0.1) is 11.3 Å². The lowest BCUT2D eigenvalue weighted by molar-refractivity contribution is 0.0725. The maximum absolute atomic E-state index is 12.7. The molecule has 118 valence electrons. The summed E-state index contributed by atoms with van der Waals surface area (Å²) in [6, 6.07) is 12.3. The predicted octanol–water partition coefficient (Wildman–Crippen LogP) is 2.96. The fourth-order valence-electron chi connectivity index (χ4n) is 2.73. The second-order valence-electron chi connectivity index (χ2n) is 5.57. The summed E-state index contributed by atoms with van der Waals surface area (Å²) in [5, 5.41) is 2.80. The summed E-state index contributed by atoms with van der Waals surface area (Å²) in [5.41, 5.74) is 1.38. The number of aromatic nitrogens is 1. The van der Waals surface area contributed by atoms with Crippen LogP contribution in [0, 0.1) is 0 Å². The molecule has 1 saturated heterocycles. The molecular weight excluding hydrogens is 290 g/mol. The molecule has 2 aromatic rings. The first-order valence-electron chi connectivity index (χ1n) is 7.86. The van der Waals surface area contributed by atoms with Crippen molar-refractivity contribution in [3.63, 3.8) is 0 Å². The Balaban J connectivity index is 1.80. The summed E-state index contributed by atoms with van der Waals surface area (Å²) in [4.78, 5) is 30.9. The first-order valence-corrected chi connectivity index (χ1v) is 7.86. The monoisotopic (exact) mass is 309 g/mol. The lowest BCUT2D eigenvalue weighted by atomic mass is 10.1. The minimum absolute atomic E-state index is 0.0263. The Morgan fingerprint density at radius 3 is 2.43 bits per heavy atom. The normalized spacial score (nSPS) is 14.3. The van der Waals surface area contributed by atoms with Crippen molar-refractivity contribution in [3.8, 4) is 0 Å². The van der Waals surface area contributed by atoms with Gasteiger partial charge in [0.1, 0.15) is 5.69 Å². The molecule has 5 nitrogen and oxygen atoms in total. The number of hydrogen-bond acceptors (Lipinski definition) is 3. The zero-order chi connectivity index (χ0) is 16.1. The molecule has 1 N–H and O–H groups in total. The minimum Gasteiger partial charge on any atom is -0.339 e. The molecule has 0 atom stereocenters. The fraction of sp³-hybridized carbons (Fsp3) is 0.278. The van der Waals surface area contributed by atoms with E-state index >= 15 is 0 Å². The summed E-state index contributed by atoms with van der Waals surface area (Å²) in [6.45, 7) is 1.56. The van der Waals surface area contributed by atoms with E-state index in [0.717, 1.165) is 25.9 Å². The average molecular weight is 309 g/mol. The molecule has 0 aliphatic carbocycles. The highest BCUT2D eigenvalue weighted by atomic mass is 16.2. The predicted molar refractivity (Wildman–Crippen MR) is 88.4 cm³/mol. The second kappa shape index (κ2) is 7.05. The summed E-state index contributed by atoms with van der Waals surface area (Å²) < 4.78 is 0. The molecule has 0 bridgehead atoms. The highest BCUT2D eigenvalue weighted by Gasteiger charge is 2.21. The van der Waals surface area contributed by atoms with E-state index in [1.807, 2.05) is 11.0 Å². The number of amides is 2. The van der Waals surface area contributed by atoms with Crippen molar-refractivity contribution in [2.45, 2.75) is 19.3 Å². The van der Waals surface area contributed by atoms with Crippen LogP contribution in [-0.4, -0.2) is 34.8 Å². The summed E-state index contributed by atoms with van der Waals surface area (Å²) in [5.74, 6) is -0.342. The molecule has 3 rings (SSSR count). The number of nitrogens with zero attached hydrogens (tertiary/aromatic N) is 2. The highest BCUT2D eigenvalue weighted by Crippen LogP contribution is 2.20. The molecule has 0 unspecified atom stereocenters. The summed E-state index contributed by atoms with van der Waals surface area (Å²) >= 11 is 0.